The maximum Gasteiger partial charge on any atom is 0.243 e. The lowest BCUT2D eigenvalue weighted by atomic mass is 10.00. The van der Waals surface area contributed by atoms with Crippen LogP contribution in [0.1, 0.15) is 12.0 Å². The van der Waals surface area contributed by atoms with E-state index in [2.05, 4.69) is 4.98 Å². The van der Waals surface area contributed by atoms with Crippen LogP contribution in [0.15, 0.2) is 59.6 Å². The van der Waals surface area contributed by atoms with Crippen LogP contribution in [-0.4, -0.2) is 30.8 Å². The number of fused-ring (bicyclic) bond motifs is 1. The summed E-state index contributed by atoms with van der Waals surface area (Å²) in [6, 6.07) is 9.37. The van der Waals surface area contributed by atoms with Crippen molar-refractivity contribution in [3.63, 3.8) is 0 Å². The van der Waals surface area contributed by atoms with Gasteiger partial charge in [0.2, 0.25) is 10.0 Å². The quantitative estimate of drug-likeness (QED) is 0.755. The van der Waals surface area contributed by atoms with Crippen molar-refractivity contribution in [3.8, 4) is 0 Å². The molecule has 0 fully saturated rings. The number of H-pyrrole nitrogens is 1. The highest BCUT2D eigenvalue weighted by molar-refractivity contribution is 7.89. The first kappa shape index (κ1) is 16.9. The maximum absolute atomic E-state index is 13.5. The monoisotopic (exact) mass is 374 g/mol. The van der Waals surface area contributed by atoms with Crippen LogP contribution in [0.3, 0.4) is 0 Å². The van der Waals surface area contributed by atoms with E-state index < -0.39 is 15.8 Å². The summed E-state index contributed by atoms with van der Waals surface area (Å²) in [5.74, 6) is -0.786. The normalized spacial score (nSPS) is 16.0. The van der Waals surface area contributed by atoms with Gasteiger partial charge in [0.1, 0.15) is 11.6 Å². The molecule has 1 aliphatic rings. The highest BCUT2D eigenvalue weighted by Crippen LogP contribution is 2.31. The van der Waals surface area contributed by atoms with E-state index in [0.29, 0.717) is 13.0 Å². The Balaban J connectivity index is 1.61. The van der Waals surface area contributed by atoms with E-state index in [0.717, 1.165) is 34.2 Å². The van der Waals surface area contributed by atoms with Gasteiger partial charge in [0.15, 0.2) is 0 Å². The first-order valence-electron chi connectivity index (χ1n) is 8.17. The largest absolute Gasteiger partial charge is 0.361 e. The molecule has 0 amide bonds. The highest BCUT2D eigenvalue weighted by Gasteiger charge is 2.27. The molecule has 0 aliphatic carbocycles. The number of halogens is 2. The molecule has 0 unspecified atom stereocenters. The van der Waals surface area contributed by atoms with Gasteiger partial charge < -0.3 is 4.98 Å². The average Bonchev–Trinajstić information content (AvgIpc) is 3.05. The Kier molecular flexibility index (Phi) is 4.13. The van der Waals surface area contributed by atoms with E-state index >= 15 is 0 Å². The Morgan fingerprint density at radius 1 is 1.00 bits per heavy atom. The van der Waals surface area contributed by atoms with Crippen LogP contribution < -0.4 is 0 Å². The number of aromatic amines is 1. The minimum atomic E-state index is -3.67. The van der Waals surface area contributed by atoms with Crippen LogP contribution in [0.5, 0.6) is 0 Å². The van der Waals surface area contributed by atoms with Gasteiger partial charge in [-0.05, 0) is 54.5 Å². The molecule has 0 spiro atoms. The summed E-state index contributed by atoms with van der Waals surface area (Å²) in [4.78, 5) is 3.18. The zero-order valence-corrected chi connectivity index (χ0v) is 14.6. The molecule has 2 aromatic carbocycles. The van der Waals surface area contributed by atoms with Gasteiger partial charge in [-0.2, -0.15) is 4.31 Å². The summed E-state index contributed by atoms with van der Waals surface area (Å²) in [7, 11) is -3.67. The predicted molar refractivity (Wildman–Crippen MR) is 96.0 cm³/mol. The molecule has 4 rings (SSSR count). The molecule has 134 valence electrons. The Hall–Kier alpha value is -2.51. The van der Waals surface area contributed by atoms with Gasteiger partial charge >= 0.3 is 0 Å². The summed E-state index contributed by atoms with van der Waals surface area (Å²) in [5.41, 5.74) is 2.70. The van der Waals surface area contributed by atoms with Gasteiger partial charge in [-0.15, -0.1) is 0 Å². The predicted octanol–water partition coefficient (Wildman–Crippen LogP) is 3.92. The minimum Gasteiger partial charge on any atom is -0.361 e. The third-order valence-electron chi connectivity index (χ3n) is 4.61. The molecule has 7 heteroatoms. The number of nitrogens with one attached hydrogen (secondary N) is 1. The van der Waals surface area contributed by atoms with E-state index in [9.17, 15) is 17.2 Å². The van der Waals surface area contributed by atoms with E-state index in [4.69, 9.17) is 0 Å². The van der Waals surface area contributed by atoms with Crippen LogP contribution in [0.25, 0.3) is 16.5 Å². The molecule has 0 radical (unpaired) electrons. The Labute approximate surface area is 149 Å². The Morgan fingerprint density at radius 3 is 2.42 bits per heavy atom. The molecular formula is C19H16F2N2O2S. The summed E-state index contributed by atoms with van der Waals surface area (Å²) >= 11 is 0. The molecule has 1 aliphatic heterocycles. The van der Waals surface area contributed by atoms with E-state index in [1.165, 1.54) is 28.6 Å². The second-order valence-corrected chi connectivity index (χ2v) is 8.13. The second-order valence-electron chi connectivity index (χ2n) is 6.19. The van der Waals surface area contributed by atoms with Gasteiger partial charge in [0.25, 0.3) is 0 Å². The van der Waals surface area contributed by atoms with Crippen molar-refractivity contribution in [3.05, 3.63) is 71.9 Å². The number of nitrogens with zero attached hydrogens (tertiary/aromatic N) is 1. The van der Waals surface area contributed by atoms with Crippen LogP contribution >= 0.6 is 0 Å². The topological polar surface area (TPSA) is 53.2 Å². The standard InChI is InChI=1S/C19H16F2N2O2S/c20-14-1-4-16(5-2-14)26(24,25)23-9-7-13(8-10-23)18-12-22-19-6-3-15(21)11-17(18)19/h1-7,11-12,22H,8-10H2. The lowest BCUT2D eigenvalue weighted by Gasteiger charge is -2.25. The fourth-order valence-electron chi connectivity index (χ4n) is 3.23. The SMILES string of the molecule is O=S(=O)(c1ccc(F)cc1)N1CC=C(c2c[nH]c3ccc(F)cc23)CC1. The van der Waals surface area contributed by atoms with Crippen molar-refractivity contribution in [2.75, 3.05) is 13.1 Å². The third kappa shape index (κ3) is 2.93. The molecule has 1 N–H and O–H groups in total. The zero-order chi connectivity index (χ0) is 18.3. The first-order valence-corrected chi connectivity index (χ1v) is 9.61. The number of benzene rings is 2. The smallest absolute Gasteiger partial charge is 0.243 e. The second kappa shape index (κ2) is 6.34. The van der Waals surface area contributed by atoms with E-state index in [1.807, 2.05) is 12.3 Å². The van der Waals surface area contributed by atoms with Crippen molar-refractivity contribution in [1.82, 2.24) is 9.29 Å². The van der Waals surface area contributed by atoms with Crippen LogP contribution in [0, 0.1) is 11.6 Å². The zero-order valence-electron chi connectivity index (χ0n) is 13.7. The van der Waals surface area contributed by atoms with Crippen molar-refractivity contribution in [2.45, 2.75) is 11.3 Å². The molecule has 1 aromatic heterocycles. The van der Waals surface area contributed by atoms with Gasteiger partial charge in [-0.25, -0.2) is 17.2 Å². The van der Waals surface area contributed by atoms with Gasteiger partial charge in [-0.3, -0.25) is 0 Å². The van der Waals surface area contributed by atoms with E-state index in [-0.39, 0.29) is 17.3 Å². The Morgan fingerprint density at radius 2 is 1.73 bits per heavy atom. The van der Waals surface area contributed by atoms with Crippen molar-refractivity contribution < 1.29 is 17.2 Å². The van der Waals surface area contributed by atoms with Crippen molar-refractivity contribution >= 4 is 26.5 Å². The molecule has 0 atom stereocenters. The van der Waals surface area contributed by atoms with Crippen LogP contribution in [-0.2, 0) is 10.0 Å². The fourth-order valence-corrected chi connectivity index (χ4v) is 4.61. The summed E-state index contributed by atoms with van der Waals surface area (Å²) in [6.45, 7) is 0.532. The number of hydrogen-bond donors (Lipinski definition) is 1. The maximum atomic E-state index is 13.5. The number of rotatable bonds is 3. The van der Waals surface area contributed by atoms with Crippen LogP contribution in [0.2, 0.25) is 0 Å². The average molecular weight is 374 g/mol. The lowest BCUT2D eigenvalue weighted by Crippen LogP contribution is -2.34. The van der Waals surface area contributed by atoms with Gasteiger partial charge in [-0.1, -0.05) is 6.08 Å². The minimum absolute atomic E-state index is 0.0740. The highest BCUT2D eigenvalue weighted by atomic mass is 32.2. The summed E-state index contributed by atoms with van der Waals surface area (Å²) in [5, 5.41) is 0.783. The number of hydrogen-bond acceptors (Lipinski definition) is 2. The summed E-state index contributed by atoms with van der Waals surface area (Å²) in [6.07, 6.45) is 4.18. The first-order chi connectivity index (χ1) is 12.4. The molecule has 4 nitrogen and oxygen atoms in total. The molecular weight excluding hydrogens is 358 g/mol. The lowest BCUT2D eigenvalue weighted by molar-refractivity contribution is 0.441. The van der Waals surface area contributed by atoms with Crippen molar-refractivity contribution in [1.29, 1.82) is 0 Å². The van der Waals surface area contributed by atoms with Gasteiger partial charge in [0, 0.05) is 35.8 Å². The van der Waals surface area contributed by atoms with Gasteiger partial charge in [0.05, 0.1) is 4.90 Å². The molecule has 26 heavy (non-hydrogen) atoms. The fraction of sp³-hybridized carbons (Fsp3) is 0.158. The molecule has 0 saturated carbocycles. The molecule has 0 bridgehead atoms. The molecule has 0 saturated heterocycles. The number of aromatic nitrogens is 1. The van der Waals surface area contributed by atoms with Crippen molar-refractivity contribution in [2.24, 2.45) is 0 Å². The molecule has 2 heterocycles. The number of sulfonamides is 1. The Bertz CT molecular complexity index is 1100. The molecule has 3 aromatic rings. The van der Waals surface area contributed by atoms with Crippen LogP contribution in [0.4, 0.5) is 8.78 Å². The third-order valence-corrected chi connectivity index (χ3v) is 6.49. The van der Waals surface area contributed by atoms with E-state index in [1.54, 1.807) is 6.07 Å². The summed E-state index contributed by atoms with van der Waals surface area (Å²) < 4.78 is 53.3.